The second-order valence-corrected chi connectivity index (χ2v) is 9.14. The van der Waals surface area contributed by atoms with Crippen LogP contribution in [0, 0.1) is 0 Å². The van der Waals surface area contributed by atoms with Crippen LogP contribution in [0.3, 0.4) is 0 Å². The van der Waals surface area contributed by atoms with E-state index in [1.165, 1.54) is 5.56 Å². The van der Waals surface area contributed by atoms with Crippen molar-refractivity contribution in [3.05, 3.63) is 89.7 Å². The van der Waals surface area contributed by atoms with Crippen molar-refractivity contribution in [2.45, 2.75) is 24.4 Å². The van der Waals surface area contributed by atoms with E-state index in [-0.39, 0.29) is 11.8 Å². The smallest absolute Gasteiger partial charge is 0.253 e. The van der Waals surface area contributed by atoms with Crippen molar-refractivity contribution in [1.29, 1.82) is 0 Å². The van der Waals surface area contributed by atoms with Crippen molar-refractivity contribution in [1.82, 2.24) is 20.1 Å². The first-order chi connectivity index (χ1) is 16.0. The van der Waals surface area contributed by atoms with Gasteiger partial charge in [0.05, 0.1) is 6.42 Å². The monoisotopic (exact) mass is 440 g/mol. The van der Waals surface area contributed by atoms with Crippen molar-refractivity contribution in [3.8, 4) is 11.1 Å². The molecular formula is C27H28N4O2. The van der Waals surface area contributed by atoms with Gasteiger partial charge in [0.25, 0.3) is 5.91 Å². The van der Waals surface area contributed by atoms with Gasteiger partial charge in [-0.2, -0.15) is 0 Å². The molecule has 2 aromatic carbocycles. The lowest BCUT2D eigenvalue weighted by molar-refractivity contribution is -0.135. The van der Waals surface area contributed by atoms with Gasteiger partial charge in [0.15, 0.2) is 0 Å². The molecule has 168 valence electrons. The Balaban J connectivity index is 1.22. The molecule has 0 radical (unpaired) electrons. The van der Waals surface area contributed by atoms with E-state index >= 15 is 0 Å². The molecule has 6 heteroatoms. The van der Waals surface area contributed by atoms with E-state index < -0.39 is 0 Å². The molecule has 3 fully saturated rings. The predicted molar refractivity (Wildman–Crippen MR) is 128 cm³/mol. The zero-order valence-corrected chi connectivity index (χ0v) is 18.9. The Bertz CT molecular complexity index is 1130. The lowest BCUT2D eigenvalue weighted by atomic mass is 9.74. The van der Waals surface area contributed by atoms with E-state index in [9.17, 15) is 9.59 Å². The number of amides is 2. The summed E-state index contributed by atoms with van der Waals surface area (Å²) in [4.78, 5) is 32.4. The molecule has 1 unspecified atom stereocenters. The maximum Gasteiger partial charge on any atom is 0.253 e. The van der Waals surface area contributed by atoms with Crippen LogP contribution >= 0.6 is 0 Å². The number of pyridine rings is 1. The maximum atomic E-state index is 12.7. The minimum Gasteiger partial charge on any atom is -0.345 e. The SMILES string of the molecule is CN(C)C(=O)c1ccc(-c2ccc(C3[C@@H]4CN(C(=O)Cc5ccncc5)C[C@H]3N4)cc2)cc1. The summed E-state index contributed by atoms with van der Waals surface area (Å²) in [5, 5.41) is 3.61. The summed E-state index contributed by atoms with van der Waals surface area (Å²) in [6, 6.07) is 20.9. The molecule has 0 spiro atoms. The van der Waals surface area contributed by atoms with Gasteiger partial charge < -0.3 is 15.1 Å². The van der Waals surface area contributed by atoms with Gasteiger partial charge in [0.2, 0.25) is 5.91 Å². The van der Waals surface area contributed by atoms with Crippen LogP contribution in [0.4, 0.5) is 0 Å². The molecule has 3 saturated heterocycles. The summed E-state index contributed by atoms with van der Waals surface area (Å²) >= 11 is 0. The summed E-state index contributed by atoms with van der Waals surface area (Å²) in [7, 11) is 3.52. The molecule has 6 nitrogen and oxygen atoms in total. The number of hydrogen-bond acceptors (Lipinski definition) is 4. The molecule has 0 saturated carbocycles. The third-order valence-corrected chi connectivity index (χ3v) is 6.75. The zero-order valence-electron chi connectivity index (χ0n) is 18.9. The molecular weight excluding hydrogens is 412 g/mol. The van der Waals surface area contributed by atoms with Gasteiger partial charge in [-0.1, -0.05) is 36.4 Å². The summed E-state index contributed by atoms with van der Waals surface area (Å²) in [5.41, 5.74) is 5.24. The van der Waals surface area contributed by atoms with Crippen molar-refractivity contribution in [3.63, 3.8) is 0 Å². The number of fused-ring (bicyclic) bond motifs is 2. The summed E-state index contributed by atoms with van der Waals surface area (Å²) < 4.78 is 0. The van der Waals surface area contributed by atoms with E-state index in [0.717, 1.165) is 29.8 Å². The molecule has 3 aromatic rings. The second kappa shape index (κ2) is 8.79. The first kappa shape index (κ1) is 21.3. The fourth-order valence-electron chi connectivity index (χ4n) is 4.94. The molecule has 0 aliphatic carbocycles. The molecule has 4 heterocycles. The minimum atomic E-state index is 0.00854. The van der Waals surface area contributed by atoms with Crippen LogP contribution in [-0.4, -0.2) is 65.9 Å². The molecule has 3 atom stereocenters. The van der Waals surface area contributed by atoms with Gasteiger partial charge in [-0.25, -0.2) is 0 Å². The summed E-state index contributed by atoms with van der Waals surface area (Å²) in [6.45, 7) is 1.49. The Morgan fingerprint density at radius 1 is 0.909 bits per heavy atom. The summed E-state index contributed by atoms with van der Waals surface area (Å²) in [5.74, 6) is 0.626. The van der Waals surface area contributed by atoms with Crippen molar-refractivity contribution >= 4 is 11.8 Å². The average molecular weight is 441 g/mol. The van der Waals surface area contributed by atoms with Gasteiger partial charge in [-0.05, 0) is 46.5 Å². The van der Waals surface area contributed by atoms with E-state index in [4.69, 9.17) is 0 Å². The Morgan fingerprint density at radius 2 is 1.48 bits per heavy atom. The molecule has 1 aromatic heterocycles. The molecule has 3 aliphatic rings. The minimum absolute atomic E-state index is 0.00854. The molecule has 3 aliphatic heterocycles. The van der Waals surface area contributed by atoms with Crippen LogP contribution < -0.4 is 5.32 Å². The molecule has 33 heavy (non-hydrogen) atoms. The quantitative estimate of drug-likeness (QED) is 0.663. The first-order valence-corrected chi connectivity index (χ1v) is 11.3. The highest BCUT2D eigenvalue weighted by molar-refractivity contribution is 5.94. The van der Waals surface area contributed by atoms with Crippen molar-refractivity contribution in [2.24, 2.45) is 0 Å². The standard InChI is InChI=1S/C27H28N4O2/c1-30(2)27(33)22-9-5-20(6-10-22)19-3-7-21(8-4-19)26-23-16-31(17-24(26)29-23)25(32)15-18-11-13-28-14-12-18/h3-14,23-24,26,29H,15-17H2,1-2H3/t23-,24+,26?. The molecule has 2 bridgehead atoms. The van der Waals surface area contributed by atoms with Gasteiger partial charge >= 0.3 is 0 Å². The number of aromatic nitrogens is 1. The number of nitrogens with one attached hydrogen (secondary N) is 1. The van der Waals surface area contributed by atoms with E-state index in [0.29, 0.717) is 30.0 Å². The Hall–Kier alpha value is -3.51. The Kier molecular flexibility index (Phi) is 5.68. The normalized spacial score (nSPS) is 21.3. The third-order valence-electron chi connectivity index (χ3n) is 6.75. The Labute approximate surface area is 194 Å². The largest absolute Gasteiger partial charge is 0.345 e. The van der Waals surface area contributed by atoms with Crippen molar-refractivity contribution < 1.29 is 9.59 Å². The van der Waals surface area contributed by atoms with Gasteiger partial charge in [0, 0.05) is 63.1 Å². The highest BCUT2D eigenvalue weighted by Crippen LogP contribution is 2.37. The van der Waals surface area contributed by atoms with Crippen LogP contribution in [0.15, 0.2) is 73.1 Å². The second-order valence-electron chi connectivity index (χ2n) is 9.14. The van der Waals surface area contributed by atoms with Crippen LogP contribution in [0.2, 0.25) is 0 Å². The number of rotatable bonds is 5. The molecule has 1 N–H and O–H groups in total. The zero-order chi connectivity index (χ0) is 22.9. The number of hydrogen-bond donors (Lipinski definition) is 1. The van der Waals surface area contributed by atoms with Gasteiger partial charge in [0.1, 0.15) is 0 Å². The lowest BCUT2D eigenvalue weighted by Gasteiger charge is -2.55. The number of nitrogens with zero attached hydrogens (tertiary/aromatic N) is 3. The molecule has 2 amide bonds. The van der Waals surface area contributed by atoms with E-state index in [1.54, 1.807) is 31.4 Å². The topological polar surface area (TPSA) is 65.5 Å². The van der Waals surface area contributed by atoms with E-state index in [2.05, 4.69) is 34.6 Å². The first-order valence-electron chi connectivity index (χ1n) is 11.3. The van der Waals surface area contributed by atoms with Crippen LogP contribution in [0.1, 0.15) is 27.4 Å². The number of piperidine rings is 1. The Morgan fingerprint density at radius 3 is 2.06 bits per heavy atom. The van der Waals surface area contributed by atoms with Crippen LogP contribution in [0.5, 0.6) is 0 Å². The summed E-state index contributed by atoms with van der Waals surface area (Å²) in [6.07, 6.45) is 3.89. The number of piperazine rings is 1. The third kappa shape index (κ3) is 4.26. The highest BCUT2D eigenvalue weighted by atomic mass is 16.2. The average Bonchev–Trinajstić information content (AvgIpc) is 2.85. The van der Waals surface area contributed by atoms with Crippen molar-refractivity contribution in [2.75, 3.05) is 27.2 Å². The van der Waals surface area contributed by atoms with Crippen LogP contribution in [-0.2, 0) is 11.2 Å². The fraction of sp³-hybridized carbons (Fsp3) is 0.296. The van der Waals surface area contributed by atoms with Gasteiger partial charge in [-0.3, -0.25) is 14.6 Å². The highest BCUT2D eigenvalue weighted by Gasteiger charge is 2.47. The number of benzene rings is 2. The maximum absolute atomic E-state index is 12.7. The molecule has 6 rings (SSSR count). The number of carbonyl (C=O) groups excluding carboxylic acids is 2. The number of carbonyl (C=O) groups is 2. The van der Waals surface area contributed by atoms with E-state index in [1.807, 2.05) is 41.3 Å². The fourth-order valence-corrected chi connectivity index (χ4v) is 4.94. The van der Waals surface area contributed by atoms with Crippen LogP contribution in [0.25, 0.3) is 11.1 Å². The predicted octanol–water partition coefficient (Wildman–Crippen LogP) is 2.96. The lowest BCUT2D eigenvalue weighted by Crippen LogP contribution is -2.72. The van der Waals surface area contributed by atoms with Gasteiger partial charge in [-0.15, -0.1) is 0 Å².